The Hall–Kier alpha value is -0.870. The summed E-state index contributed by atoms with van der Waals surface area (Å²) in [5, 5.41) is 0. The highest BCUT2D eigenvalue weighted by Gasteiger charge is 2.12. The summed E-state index contributed by atoms with van der Waals surface area (Å²) in [5.41, 5.74) is 7.89. The molecule has 3 nitrogen and oxygen atoms in total. The average Bonchev–Trinajstić information content (AvgIpc) is 2.55. The zero-order valence-corrected chi connectivity index (χ0v) is 11.1. The predicted octanol–water partition coefficient (Wildman–Crippen LogP) is 3.00. The zero-order chi connectivity index (χ0) is 11.8. The van der Waals surface area contributed by atoms with Gasteiger partial charge >= 0.3 is 0 Å². The molecule has 0 unspecified atom stereocenters. The van der Waals surface area contributed by atoms with Gasteiger partial charge in [-0.3, -0.25) is 0 Å². The minimum absolute atomic E-state index is 0.139. The number of aromatic nitrogens is 2. The summed E-state index contributed by atoms with van der Waals surface area (Å²) in [7, 11) is 0. The Bertz CT molecular complexity index is 496. The molecule has 0 amide bonds. The number of benzene rings is 1. The molecule has 1 heterocycles. The number of hydrogen-bond donors (Lipinski definition) is 2. The fourth-order valence-corrected chi connectivity index (χ4v) is 1.95. The van der Waals surface area contributed by atoms with E-state index in [-0.39, 0.29) is 5.54 Å². The van der Waals surface area contributed by atoms with Crippen LogP contribution >= 0.6 is 15.9 Å². The van der Waals surface area contributed by atoms with E-state index in [9.17, 15) is 0 Å². The highest BCUT2D eigenvalue weighted by Crippen LogP contribution is 2.19. The first-order valence-electron chi connectivity index (χ1n) is 5.37. The fraction of sp³-hybridized carbons (Fsp3) is 0.417. The van der Waals surface area contributed by atoms with Crippen molar-refractivity contribution in [2.75, 3.05) is 0 Å². The summed E-state index contributed by atoms with van der Waals surface area (Å²) < 4.78 is 1.06. The zero-order valence-electron chi connectivity index (χ0n) is 9.55. The molecule has 0 fully saturated rings. The van der Waals surface area contributed by atoms with E-state index < -0.39 is 0 Å². The lowest BCUT2D eigenvalue weighted by Gasteiger charge is -2.16. The number of rotatable bonds is 3. The second kappa shape index (κ2) is 4.18. The van der Waals surface area contributed by atoms with E-state index in [1.165, 1.54) is 0 Å². The molecule has 0 atom stereocenters. The van der Waals surface area contributed by atoms with Crippen LogP contribution in [0.5, 0.6) is 0 Å². The molecule has 0 aliphatic carbocycles. The Balaban J connectivity index is 2.20. The number of nitrogens with two attached hydrogens (primary N) is 1. The number of H-pyrrole nitrogens is 1. The average molecular weight is 282 g/mol. The molecular weight excluding hydrogens is 266 g/mol. The minimum Gasteiger partial charge on any atom is -0.342 e. The van der Waals surface area contributed by atoms with E-state index in [0.29, 0.717) is 0 Å². The molecule has 1 aromatic carbocycles. The Labute approximate surface area is 104 Å². The maximum Gasteiger partial charge on any atom is 0.107 e. The first-order chi connectivity index (χ1) is 7.44. The molecule has 0 saturated carbocycles. The summed E-state index contributed by atoms with van der Waals surface area (Å²) in [5.74, 6) is 1.01. The molecule has 0 aliphatic heterocycles. The van der Waals surface area contributed by atoms with E-state index >= 15 is 0 Å². The summed E-state index contributed by atoms with van der Waals surface area (Å²) >= 11 is 3.44. The van der Waals surface area contributed by atoms with Gasteiger partial charge in [0.05, 0.1) is 11.0 Å². The summed E-state index contributed by atoms with van der Waals surface area (Å²) in [6.07, 6.45) is 1.81. The van der Waals surface area contributed by atoms with Crippen molar-refractivity contribution >= 4 is 27.0 Å². The number of nitrogens with zero attached hydrogens (tertiary/aromatic N) is 1. The van der Waals surface area contributed by atoms with Crippen molar-refractivity contribution < 1.29 is 0 Å². The predicted molar refractivity (Wildman–Crippen MR) is 70.4 cm³/mol. The summed E-state index contributed by atoms with van der Waals surface area (Å²) in [6, 6.07) is 6.05. The van der Waals surface area contributed by atoms with Crippen molar-refractivity contribution in [3.8, 4) is 0 Å². The van der Waals surface area contributed by atoms with Gasteiger partial charge in [0, 0.05) is 16.4 Å². The number of aryl methyl sites for hydroxylation is 1. The number of nitrogens with one attached hydrogen (secondary N) is 1. The van der Waals surface area contributed by atoms with Crippen LogP contribution in [0.3, 0.4) is 0 Å². The van der Waals surface area contributed by atoms with Gasteiger partial charge in [-0.1, -0.05) is 15.9 Å². The third kappa shape index (κ3) is 2.83. The molecule has 1 aromatic heterocycles. The van der Waals surface area contributed by atoms with Crippen molar-refractivity contribution in [1.82, 2.24) is 9.97 Å². The van der Waals surface area contributed by atoms with Gasteiger partial charge in [-0.2, -0.15) is 0 Å². The van der Waals surface area contributed by atoms with Crippen LogP contribution in [0.15, 0.2) is 22.7 Å². The Morgan fingerprint density at radius 2 is 2.19 bits per heavy atom. The topological polar surface area (TPSA) is 54.7 Å². The standard InChI is InChI=1S/C12H16BrN3/c1-12(2,14)6-5-11-15-9-4-3-8(13)7-10(9)16-11/h3-4,7H,5-6,14H2,1-2H3,(H,15,16). The van der Waals surface area contributed by atoms with Crippen LogP contribution < -0.4 is 5.73 Å². The molecule has 2 aromatic rings. The molecule has 16 heavy (non-hydrogen) atoms. The molecule has 0 spiro atoms. The quantitative estimate of drug-likeness (QED) is 0.909. The molecule has 0 saturated heterocycles. The van der Waals surface area contributed by atoms with Crippen LogP contribution in [0.1, 0.15) is 26.1 Å². The van der Waals surface area contributed by atoms with Gasteiger partial charge in [-0.25, -0.2) is 4.98 Å². The first kappa shape index (κ1) is 11.6. The maximum absolute atomic E-state index is 5.95. The van der Waals surface area contributed by atoms with E-state index in [2.05, 4.69) is 25.9 Å². The molecule has 0 aliphatic rings. The van der Waals surface area contributed by atoms with Gasteiger partial charge in [-0.15, -0.1) is 0 Å². The lowest BCUT2D eigenvalue weighted by molar-refractivity contribution is 0.472. The molecule has 2 rings (SSSR count). The highest BCUT2D eigenvalue weighted by atomic mass is 79.9. The monoisotopic (exact) mass is 281 g/mol. The molecule has 86 valence electrons. The van der Waals surface area contributed by atoms with E-state index in [1.807, 2.05) is 32.0 Å². The van der Waals surface area contributed by atoms with Crippen LogP contribution in [-0.2, 0) is 6.42 Å². The lowest BCUT2D eigenvalue weighted by atomic mass is 10.0. The fourth-order valence-electron chi connectivity index (χ4n) is 1.59. The van der Waals surface area contributed by atoms with Gasteiger partial charge < -0.3 is 10.7 Å². The molecule has 0 bridgehead atoms. The second-order valence-electron chi connectivity index (χ2n) is 4.83. The molecule has 3 N–H and O–H groups in total. The van der Waals surface area contributed by atoms with Gasteiger partial charge in [0.1, 0.15) is 5.82 Å². The van der Waals surface area contributed by atoms with Crippen molar-refractivity contribution in [1.29, 1.82) is 0 Å². The van der Waals surface area contributed by atoms with Crippen LogP contribution in [0, 0.1) is 0 Å². The number of imidazole rings is 1. The second-order valence-corrected chi connectivity index (χ2v) is 5.75. The van der Waals surface area contributed by atoms with Gasteiger partial charge in [0.2, 0.25) is 0 Å². The Morgan fingerprint density at radius 1 is 1.44 bits per heavy atom. The maximum atomic E-state index is 5.95. The minimum atomic E-state index is -0.139. The van der Waals surface area contributed by atoms with Crippen molar-refractivity contribution in [2.24, 2.45) is 5.73 Å². The van der Waals surface area contributed by atoms with E-state index in [0.717, 1.165) is 34.2 Å². The van der Waals surface area contributed by atoms with Gasteiger partial charge in [-0.05, 0) is 38.5 Å². The number of fused-ring (bicyclic) bond motifs is 1. The third-order valence-corrected chi connectivity index (χ3v) is 2.99. The van der Waals surface area contributed by atoms with Crippen LogP contribution in [-0.4, -0.2) is 15.5 Å². The molecular formula is C12H16BrN3. The molecule has 0 radical (unpaired) electrons. The van der Waals surface area contributed by atoms with Gasteiger partial charge in [0.25, 0.3) is 0 Å². The largest absolute Gasteiger partial charge is 0.342 e. The smallest absolute Gasteiger partial charge is 0.107 e. The SMILES string of the molecule is CC(C)(N)CCc1nc2ccc(Br)cc2[nH]1. The highest BCUT2D eigenvalue weighted by molar-refractivity contribution is 9.10. The third-order valence-electron chi connectivity index (χ3n) is 2.50. The van der Waals surface area contributed by atoms with E-state index in [1.54, 1.807) is 0 Å². The normalized spacial score (nSPS) is 12.2. The van der Waals surface area contributed by atoms with Crippen molar-refractivity contribution in [2.45, 2.75) is 32.2 Å². The van der Waals surface area contributed by atoms with Crippen molar-refractivity contribution in [3.05, 3.63) is 28.5 Å². The Kier molecular flexibility index (Phi) is 3.04. The van der Waals surface area contributed by atoms with Gasteiger partial charge in [0.15, 0.2) is 0 Å². The van der Waals surface area contributed by atoms with Crippen LogP contribution in [0.4, 0.5) is 0 Å². The number of aromatic amines is 1. The number of hydrogen-bond acceptors (Lipinski definition) is 2. The van der Waals surface area contributed by atoms with Crippen LogP contribution in [0.2, 0.25) is 0 Å². The lowest BCUT2D eigenvalue weighted by Crippen LogP contribution is -2.32. The first-order valence-corrected chi connectivity index (χ1v) is 6.16. The summed E-state index contributed by atoms with van der Waals surface area (Å²) in [6.45, 7) is 4.07. The van der Waals surface area contributed by atoms with Crippen molar-refractivity contribution in [3.63, 3.8) is 0 Å². The Morgan fingerprint density at radius 3 is 2.88 bits per heavy atom. The van der Waals surface area contributed by atoms with Crippen LogP contribution in [0.25, 0.3) is 11.0 Å². The molecule has 4 heteroatoms. The number of halogens is 1. The summed E-state index contributed by atoms with van der Waals surface area (Å²) in [4.78, 5) is 7.84. The van der Waals surface area contributed by atoms with E-state index in [4.69, 9.17) is 5.73 Å².